The molecule has 0 unspecified atom stereocenters. The molecule has 0 radical (unpaired) electrons. The predicted octanol–water partition coefficient (Wildman–Crippen LogP) is 3.39. The van der Waals surface area contributed by atoms with E-state index in [0.717, 1.165) is 37.7 Å². The third-order valence-corrected chi connectivity index (χ3v) is 8.33. The van der Waals surface area contributed by atoms with Crippen molar-refractivity contribution in [2.24, 2.45) is 18.7 Å². The molecule has 3 rings (SSSR count). The number of piperidine rings is 1. The second kappa shape index (κ2) is 11.9. The molecule has 0 aliphatic carbocycles. The number of sulfonamides is 1. The molecule has 0 atom stereocenters. The van der Waals surface area contributed by atoms with Crippen molar-refractivity contribution in [3.8, 4) is 5.75 Å². The van der Waals surface area contributed by atoms with Crippen LogP contribution in [0.2, 0.25) is 0 Å². The second-order valence-electron chi connectivity index (χ2n) is 9.09. The van der Waals surface area contributed by atoms with Crippen LogP contribution in [-0.4, -0.2) is 54.6 Å². The van der Waals surface area contributed by atoms with Gasteiger partial charge in [-0.1, -0.05) is 20.3 Å². The highest BCUT2D eigenvalue weighted by molar-refractivity contribution is 7.89. The van der Waals surface area contributed by atoms with Crippen LogP contribution in [0.1, 0.15) is 62.0 Å². The van der Waals surface area contributed by atoms with Gasteiger partial charge in [0.25, 0.3) is 5.91 Å². The standard InChI is InChI=1S/C25H38N4O5S/c1-4-6-19-17-28(3)24(25(26)31)23(19)27-21-16-20(7-8-22(21)34-15-5-2)35(32,33)29-12-9-18(10-13-29)11-14-30/h7-8,16-18,27,30H,4-6,9-15H2,1-3H3,(H2,26,31). The Morgan fingerprint density at radius 2 is 1.94 bits per heavy atom. The first-order valence-corrected chi connectivity index (χ1v) is 13.8. The summed E-state index contributed by atoms with van der Waals surface area (Å²) in [6.07, 6.45) is 6.43. The van der Waals surface area contributed by atoms with Gasteiger partial charge in [0, 0.05) is 32.9 Å². The largest absolute Gasteiger partial charge is 0.491 e. The Labute approximate surface area is 208 Å². The minimum Gasteiger partial charge on any atom is -0.491 e. The molecule has 0 spiro atoms. The molecule has 4 N–H and O–H groups in total. The van der Waals surface area contributed by atoms with E-state index in [1.54, 1.807) is 29.8 Å². The average molecular weight is 507 g/mol. The first-order valence-electron chi connectivity index (χ1n) is 12.4. The minimum atomic E-state index is -3.72. The molecule has 0 saturated carbocycles. The van der Waals surface area contributed by atoms with E-state index < -0.39 is 15.9 Å². The number of nitrogens with two attached hydrogens (primary N) is 1. The van der Waals surface area contributed by atoms with E-state index in [9.17, 15) is 18.3 Å². The zero-order valence-electron chi connectivity index (χ0n) is 20.9. The van der Waals surface area contributed by atoms with Crippen LogP contribution >= 0.6 is 0 Å². The van der Waals surface area contributed by atoms with Crippen molar-refractivity contribution in [3.63, 3.8) is 0 Å². The maximum Gasteiger partial charge on any atom is 0.267 e. The van der Waals surface area contributed by atoms with Crippen LogP contribution in [0.4, 0.5) is 11.4 Å². The summed E-state index contributed by atoms with van der Waals surface area (Å²) >= 11 is 0. The molecule has 35 heavy (non-hydrogen) atoms. The van der Waals surface area contributed by atoms with Crippen molar-refractivity contribution < 1.29 is 23.1 Å². The lowest BCUT2D eigenvalue weighted by molar-refractivity contribution is 0.0993. The van der Waals surface area contributed by atoms with Crippen molar-refractivity contribution in [3.05, 3.63) is 35.7 Å². The number of nitrogens with zero attached hydrogens (tertiary/aromatic N) is 2. The molecule has 0 bridgehead atoms. The number of aliphatic hydroxyl groups excluding tert-OH is 1. The molecule has 1 fully saturated rings. The molecule has 194 valence electrons. The van der Waals surface area contributed by atoms with Crippen molar-refractivity contribution in [2.75, 3.05) is 31.6 Å². The average Bonchev–Trinajstić information content (AvgIpc) is 3.13. The SMILES string of the molecule is CCCOc1ccc(S(=O)(=O)N2CCC(CCO)CC2)cc1Nc1c(CCC)cn(C)c1C(N)=O. The zero-order chi connectivity index (χ0) is 25.6. The lowest BCUT2D eigenvalue weighted by atomic mass is 9.95. The number of rotatable bonds is 12. The highest BCUT2D eigenvalue weighted by Gasteiger charge is 2.30. The van der Waals surface area contributed by atoms with Crippen LogP contribution in [0.5, 0.6) is 5.75 Å². The number of amides is 1. The summed E-state index contributed by atoms with van der Waals surface area (Å²) in [6, 6.07) is 4.81. The Morgan fingerprint density at radius 3 is 2.54 bits per heavy atom. The summed E-state index contributed by atoms with van der Waals surface area (Å²) in [7, 11) is -1.95. The molecule has 1 aromatic carbocycles. The number of carbonyl (C=O) groups excluding carboxylic acids is 1. The van der Waals surface area contributed by atoms with Gasteiger partial charge in [0.2, 0.25) is 10.0 Å². The number of ether oxygens (including phenoxy) is 1. The summed E-state index contributed by atoms with van der Waals surface area (Å²) < 4.78 is 36.0. The first-order chi connectivity index (χ1) is 16.7. The van der Waals surface area contributed by atoms with Crippen LogP contribution in [0, 0.1) is 5.92 Å². The summed E-state index contributed by atoms with van der Waals surface area (Å²) in [4.78, 5) is 12.4. The number of carbonyl (C=O) groups is 1. The highest BCUT2D eigenvalue weighted by Crippen LogP contribution is 2.36. The Morgan fingerprint density at radius 1 is 1.23 bits per heavy atom. The van der Waals surface area contributed by atoms with E-state index in [-0.39, 0.29) is 11.5 Å². The second-order valence-corrected chi connectivity index (χ2v) is 11.0. The number of primary amides is 1. The number of anilines is 2. The fraction of sp³-hybridized carbons (Fsp3) is 0.560. The molecular formula is C25H38N4O5S. The third-order valence-electron chi connectivity index (χ3n) is 6.43. The zero-order valence-corrected chi connectivity index (χ0v) is 21.7. The molecule has 9 nitrogen and oxygen atoms in total. The monoisotopic (exact) mass is 506 g/mol. The predicted molar refractivity (Wildman–Crippen MR) is 137 cm³/mol. The van der Waals surface area contributed by atoms with Crippen molar-refractivity contribution in [1.29, 1.82) is 0 Å². The van der Waals surface area contributed by atoms with Gasteiger partial charge >= 0.3 is 0 Å². The summed E-state index contributed by atoms with van der Waals surface area (Å²) in [5.41, 5.74) is 7.97. The molecule has 1 aliphatic heterocycles. The van der Waals surface area contributed by atoms with E-state index in [1.165, 1.54) is 4.31 Å². The molecule has 1 amide bonds. The fourth-order valence-corrected chi connectivity index (χ4v) is 6.09. The van der Waals surface area contributed by atoms with Gasteiger partial charge in [-0.3, -0.25) is 4.79 Å². The number of hydrogen-bond donors (Lipinski definition) is 3. The lowest BCUT2D eigenvalue weighted by Gasteiger charge is -2.31. The van der Waals surface area contributed by atoms with Gasteiger partial charge in [0.05, 0.1) is 22.9 Å². The molecule has 2 heterocycles. The quantitative estimate of drug-likeness (QED) is 0.405. The molecular weight excluding hydrogens is 468 g/mol. The summed E-state index contributed by atoms with van der Waals surface area (Å²) in [5, 5.41) is 12.5. The molecule has 1 aromatic heterocycles. The van der Waals surface area contributed by atoms with Crippen LogP contribution in [0.25, 0.3) is 0 Å². The Bertz CT molecular complexity index is 1120. The minimum absolute atomic E-state index is 0.123. The maximum atomic E-state index is 13.5. The van der Waals surface area contributed by atoms with E-state index >= 15 is 0 Å². The van der Waals surface area contributed by atoms with Crippen molar-refractivity contribution >= 4 is 27.3 Å². The van der Waals surface area contributed by atoms with Crippen LogP contribution in [0.15, 0.2) is 29.3 Å². The maximum absolute atomic E-state index is 13.5. The topological polar surface area (TPSA) is 127 Å². The van der Waals surface area contributed by atoms with E-state index in [2.05, 4.69) is 5.32 Å². The highest BCUT2D eigenvalue weighted by atomic mass is 32.2. The van der Waals surface area contributed by atoms with Crippen LogP contribution in [-0.2, 0) is 23.5 Å². The van der Waals surface area contributed by atoms with E-state index in [4.69, 9.17) is 10.5 Å². The van der Waals surface area contributed by atoms with Gasteiger partial charge in [0.1, 0.15) is 11.4 Å². The summed E-state index contributed by atoms with van der Waals surface area (Å²) in [5.74, 6) is 0.285. The van der Waals surface area contributed by atoms with Gasteiger partial charge in [-0.15, -0.1) is 0 Å². The number of benzene rings is 1. The van der Waals surface area contributed by atoms with Crippen LogP contribution < -0.4 is 15.8 Å². The molecule has 1 aliphatic rings. The number of aryl methyl sites for hydroxylation is 2. The molecule has 2 aromatic rings. The number of aliphatic hydroxyl groups is 1. The summed E-state index contributed by atoms with van der Waals surface area (Å²) in [6.45, 7) is 5.49. The Hall–Kier alpha value is -2.56. The van der Waals surface area contributed by atoms with E-state index in [0.29, 0.717) is 54.9 Å². The van der Waals surface area contributed by atoms with Crippen molar-refractivity contribution in [2.45, 2.75) is 57.3 Å². The van der Waals surface area contributed by atoms with Gasteiger partial charge in [-0.2, -0.15) is 4.31 Å². The third kappa shape index (κ3) is 6.17. The van der Waals surface area contributed by atoms with Crippen molar-refractivity contribution in [1.82, 2.24) is 8.87 Å². The molecule has 1 saturated heterocycles. The fourth-order valence-electron chi connectivity index (χ4n) is 4.60. The first kappa shape index (κ1) is 27.0. The Balaban J connectivity index is 1.98. The normalized spacial score (nSPS) is 15.3. The van der Waals surface area contributed by atoms with E-state index in [1.807, 2.05) is 20.0 Å². The lowest BCUT2D eigenvalue weighted by Crippen LogP contribution is -2.38. The molecule has 10 heteroatoms. The van der Waals surface area contributed by atoms with Gasteiger partial charge in [0.15, 0.2) is 0 Å². The van der Waals surface area contributed by atoms with Gasteiger partial charge < -0.3 is 25.5 Å². The van der Waals surface area contributed by atoms with Gasteiger partial charge in [-0.05, 0) is 61.8 Å². The smallest absolute Gasteiger partial charge is 0.267 e. The number of hydrogen-bond acceptors (Lipinski definition) is 6. The van der Waals surface area contributed by atoms with Crippen LogP contribution in [0.3, 0.4) is 0 Å². The van der Waals surface area contributed by atoms with Gasteiger partial charge in [-0.25, -0.2) is 8.42 Å². The number of aromatic nitrogens is 1. The number of nitrogens with one attached hydrogen (secondary N) is 1. The Kier molecular flexibility index (Phi) is 9.21.